The summed E-state index contributed by atoms with van der Waals surface area (Å²) >= 11 is 0. The van der Waals surface area contributed by atoms with Gasteiger partial charge in [0.05, 0.1) is 26.0 Å². The second kappa shape index (κ2) is 7.04. The van der Waals surface area contributed by atoms with Crippen molar-refractivity contribution >= 4 is 0 Å². The molecule has 1 atom stereocenters. The Morgan fingerprint density at radius 2 is 1.96 bits per heavy atom. The third-order valence-electron chi connectivity index (χ3n) is 3.84. The summed E-state index contributed by atoms with van der Waals surface area (Å²) in [7, 11) is 3.33. The molecule has 1 N–H and O–H groups in total. The Balaban J connectivity index is 2.05. The molecule has 1 unspecified atom stereocenters. The summed E-state index contributed by atoms with van der Waals surface area (Å²) in [5.41, 5.74) is 2.28. The van der Waals surface area contributed by atoms with Gasteiger partial charge in [-0.3, -0.25) is 4.68 Å². The molecule has 0 bridgehead atoms. The molecule has 5 nitrogen and oxygen atoms in total. The average molecular weight is 317 g/mol. The van der Waals surface area contributed by atoms with E-state index in [9.17, 15) is 0 Å². The zero-order valence-electron chi connectivity index (χ0n) is 14.9. The lowest BCUT2D eigenvalue weighted by Crippen LogP contribution is -2.22. The van der Waals surface area contributed by atoms with Crippen LogP contribution in [0, 0.1) is 0 Å². The average Bonchev–Trinajstić information content (AvgIpc) is 3.01. The predicted molar refractivity (Wildman–Crippen MR) is 92.0 cm³/mol. The van der Waals surface area contributed by atoms with E-state index in [0.29, 0.717) is 0 Å². The van der Waals surface area contributed by atoms with E-state index in [0.717, 1.165) is 23.6 Å². The molecular formula is C18H27N3O2. The number of benzene rings is 1. The van der Waals surface area contributed by atoms with E-state index in [1.165, 1.54) is 5.56 Å². The van der Waals surface area contributed by atoms with Gasteiger partial charge in [-0.1, -0.05) is 6.07 Å². The van der Waals surface area contributed by atoms with Crippen LogP contribution in [0.4, 0.5) is 0 Å². The fourth-order valence-electron chi connectivity index (χ4n) is 2.38. The lowest BCUT2D eigenvalue weighted by Gasteiger charge is -2.19. The minimum absolute atomic E-state index is 0.00305. The van der Waals surface area contributed by atoms with E-state index in [1.807, 2.05) is 29.1 Å². The quantitative estimate of drug-likeness (QED) is 0.886. The van der Waals surface area contributed by atoms with Crippen molar-refractivity contribution < 1.29 is 9.47 Å². The van der Waals surface area contributed by atoms with Crippen molar-refractivity contribution in [2.45, 2.75) is 45.8 Å². The van der Waals surface area contributed by atoms with Crippen molar-refractivity contribution in [3.05, 3.63) is 41.7 Å². The Morgan fingerprint density at radius 3 is 2.52 bits per heavy atom. The first-order valence-electron chi connectivity index (χ1n) is 7.84. The summed E-state index contributed by atoms with van der Waals surface area (Å²) < 4.78 is 12.7. The Hall–Kier alpha value is -2.01. The normalized spacial score (nSPS) is 13.0. The monoisotopic (exact) mass is 317 g/mol. The minimum atomic E-state index is 0.00305. The number of ether oxygens (including phenoxy) is 2. The van der Waals surface area contributed by atoms with Gasteiger partial charge >= 0.3 is 0 Å². The van der Waals surface area contributed by atoms with Crippen LogP contribution in [0.15, 0.2) is 30.6 Å². The molecule has 126 valence electrons. The predicted octanol–water partition coefficient (Wildman–Crippen LogP) is 3.51. The second-order valence-electron chi connectivity index (χ2n) is 6.67. The molecule has 0 aliphatic heterocycles. The Kier molecular flexibility index (Phi) is 5.31. The number of nitrogens with zero attached hydrogens (tertiary/aromatic N) is 2. The maximum atomic E-state index is 5.47. The van der Waals surface area contributed by atoms with Crippen molar-refractivity contribution in [1.29, 1.82) is 0 Å². The van der Waals surface area contributed by atoms with Crippen molar-refractivity contribution in [1.82, 2.24) is 15.1 Å². The fraction of sp³-hybridized carbons (Fsp3) is 0.500. The highest BCUT2D eigenvalue weighted by atomic mass is 16.5. The third-order valence-corrected chi connectivity index (χ3v) is 3.84. The van der Waals surface area contributed by atoms with Crippen molar-refractivity contribution in [2.24, 2.45) is 0 Å². The summed E-state index contributed by atoms with van der Waals surface area (Å²) in [4.78, 5) is 0. The van der Waals surface area contributed by atoms with Gasteiger partial charge in [-0.15, -0.1) is 0 Å². The number of rotatable bonds is 6. The van der Waals surface area contributed by atoms with Crippen LogP contribution >= 0.6 is 0 Å². The Morgan fingerprint density at radius 1 is 1.22 bits per heavy atom. The summed E-state index contributed by atoms with van der Waals surface area (Å²) in [5.74, 6) is 1.62. The van der Waals surface area contributed by atoms with Gasteiger partial charge in [-0.05, 0) is 33.8 Å². The van der Waals surface area contributed by atoms with Gasteiger partial charge in [0.2, 0.25) is 0 Å². The van der Waals surface area contributed by atoms with E-state index in [2.05, 4.69) is 44.3 Å². The number of hydrogen-bond acceptors (Lipinski definition) is 4. The summed E-state index contributed by atoms with van der Waals surface area (Å²) in [6.45, 7) is 9.30. The van der Waals surface area contributed by atoms with Crippen LogP contribution in [-0.4, -0.2) is 24.0 Å². The molecule has 1 aromatic carbocycles. The SMILES string of the molecule is COc1ccc(C(C)NCc2cnn(C(C)(C)C)c2)c(OC)c1. The Bertz CT molecular complexity index is 644. The van der Waals surface area contributed by atoms with Gasteiger partial charge in [0.1, 0.15) is 11.5 Å². The van der Waals surface area contributed by atoms with Crippen LogP contribution < -0.4 is 14.8 Å². The molecule has 1 heterocycles. The number of nitrogens with one attached hydrogen (secondary N) is 1. The van der Waals surface area contributed by atoms with E-state index in [1.54, 1.807) is 14.2 Å². The molecule has 2 aromatic rings. The number of aromatic nitrogens is 2. The van der Waals surface area contributed by atoms with Gasteiger partial charge in [0, 0.05) is 36.0 Å². The lowest BCUT2D eigenvalue weighted by molar-refractivity contribution is 0.355. The van der Waals surface area contributed by atoms with Gasteiger partial charge in [-0.25, -0.2) is 0 Å². The first-order chi connectivity index (χ1) is 10.8. The van der Waals surface area contributed by atoms with E-state index >= 15 is 0 Å². The molecule has 0 spiro atoms. The zero-order valence-corrected chi connectivity index (χ0v) is 14.9. The molecular weight excluding hydrogens is 290 g/mol. The molecule has 0 saturated carbocycles. The van der Waals surface area contributed by atoms with Crippen LogP contribution in [-0.2, 0) is 12.1 Å². The van der Waals surface area contributed by atoms with E-state index in [-0.39, 0.29) is 11.6 Å². The first-order valence-corrected chi connectivity index (χ1v) is 7.84. The second-order valence-corrected chi connectivity index (χ2v) is 6.67. The highest BCUT2D eigenvalue weighted by molar-refractivity contribution is 5.42. The van der Waals surface area contributed by atoms with E-state index < -0.39 is 0 Å². The van der Waals surface area contributed by atoms with Crippen LogP contribution in [0.25, 0.3) is 0 Å². The molecule has 5 heteroatoms. The lowest BCUT2D eigenvalue weighted by atomic mass is 10.1. The molecule has 0 fully saturated rings. The van der Waals surface area contributed by atoms with Gasteiger partial charge < -0.3 is 14.8 Å². The van der Waals surface area contributed by atoms with Crippen LogP contribution in [0.1, 0.15) is 44.9 Å². The van der Waals surface area contributed by atoms with Crippen LogP contribution in [0.5, 0.6) is 11.5 Å². The molecule has 2 rings (SSSR count). The molecule has 0 aliphatic carbocycles. The van der Waals surface area contributed by atoms with E-state index in [4.69, 9.17) is 9.47 Å². The van der Waals surface area contributed by atoms with Gasteiger partial charge in [0.15, 0.2) is 0 Å². The number of methoxy groups -OCH3 is 2. The molecule has 1 aromatic heterocycles. The van der Waals surface area contributed by atoms with Gasteiger partial charge in [-0.2, -0.15) is 5.10 Å². The molecule has 0 saturated heterocycles. The first kappa shape index (κ1) is 17.3. The number of hydrogen-bond donors (Lipinski definition) is 1. The minimum Gasteiger partial charge on any atom is -0.497 e. The van der Waals surface area contributed by atoms with Gasteiger partial charge in [0.25, 0.3) is 0 Å². The largest absolute Gasteiger partial charge is 0.497 e. The molecule has 0 amide bonds. The highest BCUT2D eigenvalue weighted by Crippen LogP contribution is 2.29. The smallest absolute Gasteiger partial charge is 0.127 e. The summed E-state index contributed by atoms with van der Waals surface area (Å²) in [5, 5.41) is 7.95. The standard InChI is InChI=1S/C18H27N3O2/c1-13(16-8-7-15(22-5)9-17(16)23-6)19-10-14-11-20-21(12-14)18(2,3)4/h7-9,11-13,19H,10H2,1-6H3. The zero-order chi connectivity index (χ0) is 17.0. The Labute approximate surface area is 138 Å². The van der Waals surface area contributed by atoms with Crippen molar-refractivity contribution in [3.63, 3.8) is 0 Å². The maximum Gasteiger partial charge on any atom is 0.127 e. The molecule has 0 aliphatic rings. The van der Waals surface area contributed by atoms with Crippen molar-refractivity contribution in [2.75, 3.05) is 14.2 Å². The summed E-state index contributed by atoms with van der Waals surface area (Å²) in [6.07, 6.45) is 4.00. The maximum absolute atomic E-state index is 5.47. The topological polar surface area (TPSA) is 48.3 Å². The highest BCUT2D eigenvalue weighted by Gasteiger charge is 2.15. The fourth-order valence-corrected chi connectivity index (χ4v) is 2.38. The third kappa shape index (κ3) is 4.26. The molecule has 23 heavy (non-hydrogen) atoms. The van der Waals surface area contributed by atoms with Crippen LogP contribution in [0.3, 0.4) is 0 Å². The molecule has 0 radical (unpaired) electrons. The van der Waals surface area contributed by atoms with Crippen molar-refractivity contribution in [3.8, 4) is 11.5 Å². The van der Waals surface area contributed by atoms with Crippen LogP contribution in [0.2, 0.25) is 0 Å². The summed E-state index contributed by atoms with van der Waals surface area (Å²) in [6, 6.07) is 6.06.